The predicted molar refractivity (Wildman–Crippen MR) is 88.1 cm³/mol. The van der Waals surface area contributed by atoms with Gasteiger partial charge in [0.2, 0.25) is 0 Å². The van der Waals surface area contributed by atoms with Gasteiger partial charge in [-0.1, -0.05) is 42.5 Å². The highest BCUT2D eigenvalue weighted by Crippen LogP contribution is 2.31. The van der Waals surface area contributed by atoms with Gasteiger partial charge in [-0.15, -0.1) is 0 Å². The van der Waals surface area contributed by atoms with Gasteiger partial charge in [-0.3, -0.25) is 0 Å². The largest absolute Gasteiger partial charge is 0.505 e. The summed E-state index contributed by atoms with van der Waals surface area (Å²) in [6.07, 6.45) is -3.45. The average molecular weight is 332 g/mol. The van der Waals surface area contributed by atoms with Crippen molar-refractivity contribution < 1.29 is 24.9 Å². The topological polar surface area (TPSA) is 125 Å². The number of para-hydroxylation sites is 1. The number of aromatic hydroxyl groups is 1. The molecule has 2 aromatic rings. The van der Waals surface area contributed by atoms with E-state index in [1.54, 1.807) is 6.07 Å². The molecule has 0 bridgehead atoms. The van der Waals surface area contributed by atoms with Gasteiger partial charge in [0.1, 0.15) is 24.6 Å². The first kappa shape index (κ1) is 17.6. The number of amides is 1. The van der Waals surface area contributed by atoms with Crippen LogP contribution in [0.25, 0.3) is 0 Å². The quantitative estimate of drug-likeness (QED) is 0.401. The zero-order chi connectivity index (χ0) is 17.5. The molecule has 128 valence electrons. The number of ether oxygens (including phenoxy) is 1. The SMILES string of the molecule is Nc1cccc(C(O)C(O)CNC(=O)OCc2ccccc2)c1O. The third-order valence-electron chi connectivity index (χ3n) is 3.45. The lowest BCUT2D eigenvalue weighted by molar-refractivity contribution is 0.0172. The minimum Gasteiger partial charge on any atom is -0.505 e. The van der Waals surface area contributed by atoms with Gasteiger partial charge in [-0.25, -0.2) is 4.79 Å². The van der Waals surface area contributed by atoms with Crippen LogP contribution in [-0.4, -0.2) is 34.1 Å². The number of aliphatic hydroxyl groups excluding tert-OH is 2. The summed E-state index contributed by atoms with van der Waals surface area (Å²) in [6.45, 7) is -0.148. The Balaban J connectivity index is 1.82. The number of carbonyl (C=O) groups excluding carboxylic acids is 1. The minimum atomic E-state index is -1.40. The number of rotatable bonds is 6. The maximum Gasteiger partial charge on any atom is 0.407 e. The van der Waals surface area contributed by atoms with E-state index >= 15 is 0 Å². The van der Waals surface area contributed by atoms with E-state index in [-0.39, 0.29) is 30.2 Å². The van der Waals surface area contributed by atoms with Crippen LogP contribution < -0.4 is 11.1 Å². The molecular weight excluding hydrogens is 312 g/mol. The Bertz CT molecular complexity index is 678. The van der Waals surface area contributed by atoms with E-state index in [2.05, 4.69) is 5.32 Å². The molecule has 24 heavy (non-hydrogen) atoms. The average Bonchev–Trinajstić information content (AvgIpc) is 2.60. The Kier molecular flexibility index (Phi) is 6.00. The number of carbonyl (C=O) groups is 1. The van der Waals surface area contributed by atoms with Crippen molar-refractivity contribution in [3.8, 4) is 5.75 Å². The Morgan fingerprint density at radius 1 is 1.12 bits per heavy atom. The zero-order valence-corrected chi connectivity index (χ0v) is 12.9. The highest BCUT2D eigenvalue weighted by Gasteiger charge is 2.22. The second-order valence-electron chi connectivity index (χ2n) is 5.24. The molecule has 2 aromatic carbocycles. The molecule has 0 fully saturated rings. The molecule has 0 radical (unpaired) electrons. The third kappa shape index (κ3) is 4.61. The van der Waals surface area contributed by atoms with Gasteiger partial charge >= 0.3 is 6.09 Å². The maximum absolute atomic E-state index is 11.6. The van der Waals surface area contributed by atoms with Gasteiger partial charge in [0.15, 0.2) is 0 Å². The molecule has 0 saturated carbocycles. The van der Waals surface area contributed by atoms with Crippen molar-refractivity contribution in [1.82, 2.24) is 5.32 Å². The molecule has 0 aliphatic carbocycles. The number of anilines is 1. The number of hydrogen-bond acceptors (Lipinski definition) is 6. The number of aliphatic hydroxyl groups is 2. The van der Waals surface area contributed by atoms with Crippen molar-refractivity contribution >= 4 is 11.8 Å². The molecule has 0 heterocycles. The number of phenolic OH excluding ortho intramolecular Hbond substituents is 1. The smallest absolute Gasteiger partial charge is 0.407 e. The lowest BCUT2D eigenvalue weighted by Gasteiger charge is -2.20. The first-order valence-electron chi connectivity index (χ1n) is 7.37. The monoisotopic (exact) mass is 332 g/mol. The molecule has 0 aromatic heterocycles. The number of hydrogen-bond donors (Lipinski definition) is 5. The molecule has 0 aliphatic heterocycles. The molecule has 0 saturated heterocycles. The Morgan fingerprint density at radius 2 is 1.83 bits per heavy atom. The highest BCUT2D eigenvalue weighted by atomic mass is 16.5. The maximum atomic E-state index is 11.6. The molecule has 1 amide bonds. The molecule has 2 atom stereocenters. The predicted octanol–water partition coefficient (Wildman–Crippen LogP) is 1.30. The summed E-state index contributed by atoms with van der Waals surface area (Å²) in [6, 6.07) is 13.6. The van der Waals surface area contributed by atoms with E-state index in [1.165, 1.54) is 12.1 Å². The van der Waals surface area contributed by atoms with Crippen LogP contribution in [-0.2, 0) is 11.3 Å². The van der Waals surface area contributed by atoms with Crippen molar-refractivity contribution in [2.24, 2.45) is 0 Å². The fourth-order valence-electron chi connectivity index (χ4n) is 2.10. The van der Waals surface area contributed by atoms with Crippen LogP contribution in [0.3, 0.4) is 0 Å². The highest BCUT2D eigenvalue weighted by molar-refractivity contribution is 5.67. The summed E-state index contributed by atoms with van der Waals surface area (Å²) in [4.78, 5) is 11.6. The van der Waals surface area contributed by atoms with Crippen LogP contribution in [0, 0.1) is 0 Å². The van der Waals surface area contributed by atoms with Crippen LogP contribution in [0.2, 0.25) is 0 Å². The van der Waals surface area contributed by atoms with E-state index < -0.39 is 18.3 Å². The molecule has 2 unspecified atom stereocenters. The van der Waals surface area contributed by atoms with Crippen molar-refractivity contribution in [3.63, 3.8) is 0 Å². The van der Waals surface area contributed by atoms with Crippen LogP contribution in [0.5, 0.6) is 5.75 Å². The normalized spacial score (nSPS) is 13.1. The van der Waals surface area contributed by atoms with Crippen LogP contribution in [0.1, 0.15) is 17.2 Å². The van der Waals surface area contributed by atoms with Gasteiger partial charge in [0.05, 0.1) is 5.69 Å². The Hall–Kier alpha value is -2.77. The summed E-state index contributed by atoms with van der Waals surface area (Å²) in [5, 5.41) is 32.2. The van der Waals surface area contributed by atoms with E-state index in [9.17, 15) is 20.1 Å². The molecule has 0 spiro atoms. The van der Waals surface area contributed by atoms with Crippen molar-refractivity contribution in [2.75, 3.05) is 12.3 Å². The van der Waals surface area contributed by atoms with Crippen molar-refractivity contribution in [3.05, 3.63) is 59.7 Å². The lowest BCUT2D eigenvalue weighted by Crippen LogP contribution is -2.35. The second-order valence-corrected chi connectivity index (χ2v) is 5.24. The van der Waals surface area contributed by atoms with Crippen LogP contribution >= 0.6 is 0 Å². The number of phenols is 1. The van der Waals surface area contributed by atoms with E-state index in [0.29, 0.717) is 0 Å². The van der Waals surface area contributed by atoms with Gasteiger partial charge in [-0.05, 0) is 11.6 Å². The van der Waals surface area contributed by atoms with Gasteiger partial charge in [0.25, 0.3) is 0 Å². The van der Waals surface area contributed by atoms with E-state index in [4.69, 9.17) is 10.5 Å². The molecule has 2 rings (SSSR count). The standard InChI is InChI=1S/C17H20N2O5/c18-13-8-4-7-12(15(13)21)16(22)14(20)9-19-17(23)24-10-11-5-2-1-3-6-11/h1-8,14,16,20-22H,9-10,18H2,(H,19,23). The lowest BCUT2D eigenvalue weighted by atomic mass is 10.0. The third-order valence-corrected chi connectivity index (χ3v) is 3.45. The molecule has 7 nitrogen and oxygen atoms in total. The number of nitrogen functional groups attached to an aromatic ring is 1. The summed E-state index contributed by atoms with van der Waals surface area (Å²) in [7, 11) is 0. The second kappa shape index (κ2) is 8.19. The molecule has 7 heteroatoms. The summed E-state index contributed by atoms with van der Waals surface area (Å²) >= 11 is 0. The first-order valence-corrected chi connectivity index (χ1v) is 7.37. The van der Waals surface area contributed by atoms with Gasteiger partial charge < -0.3 is 31.1 Å². The summed E-state index contributed by atoms with van der Waals surface area (Å²) in [5.74, 6) is -0.296. The van der Waals surface area contributed by atoms with Crippen molar-refractivity contribution in [1.29, 1.82) is 0 Å². The Labute approximate surface area is 139 Å². The van der Waals surface area contributed by atoms with Crippen LogP contribution in [0.4, 0.5) is 10.5 Å². The van der Waals surface area contributed by atoms with Crippen molar-refractivity contribution in [2.45, 2.75) is 18.8 Å². The minimum absolute atomic E-state index is 0.0851. The fraction of sp³-hybridized carbons (Fsp3) is 0.235. The number of benzene rings is 2. The molecular formula is C17H20N2O5. The van der Waals surface area contributed by atoms with E-state index in [1.807, 2.05) is 30.3 Å². The van der Waals surface area contributed by atoms with Crippen LogP contribution in [0.15, 0.2) is 48.5 Å². The fourth-order valence-corrected chi connectivity index (χ4v) is 2.10. The first-order chi connectivity index (χ1) is 11.5. The number of alkyl carbamates (subject to hydrolysis) is 1. The zero-order valence-electron chi connectivity index (χ0n) is 12.9. The Morgan fingerprint density at radius 3 is 2.54 bits per heavy atom. The summed E-state index contributed by atoms with van der Waals surface area (Å²) in [5.41, 5.74) is 6.55. The van der Waals surface area contributed by atoms with E-state index in [0.717, 1.165) is 5.56 Å². The van der Waals surface area contributed by atoms with Gasteiger partial charge in [0, 0.05) is 12.1 Å². The van der Waals surface area contributed by atoms with Gasteiger partial charge in [-0.2, -0.15) is 0 Å². The summed E-state index contributed by atoms with van der Waals surface area (Å²) < 4.78 is 4.99. The number of nitrogens with one attached hydrogen (secondary N) is 1. The number of nitrogens with two attached hydrogens (primary N) is 1. The molecule has 6 N–H and O–H groups in total. The molecule has 0 aliphatic rings.